The molecule has 0 radical (unpaired) electrons. The van der Waals surface area contributed by atoms with Crippen LogP contribution >= 0.6 is 0 Å². The summed E-state index contributed by atoms with van der Waals surface area (Å²) in [6.45, 7) is 0.531. The number of aliphatic hydroxyl groups is 2. The van der Waals surface area contributed by atoms with Gasteiger partial charge in [-0.15, -0.1) is 0 Å². The van der Waals surface area contributed by atoms with Gasteiger partial charge >= 0.3 is 6.09 Å². The molecule has 1 amide bonds. The summed E-state index contributed by atoms with van der Waals surface area (Å²) in [5.74, 6) is 0.0399. The maximum atomic E-state index is 11.9. The first-order valence-corrected chi connectivity index (χ1v) is 8.58. The van der Waals surface area contributed by atoms with Crippen LogP contribution in [0.1, 0.15) is 29.9 Å². The first kappa shape index (κ1) is 17.5. The van der Waals surface area contributed by atoms with Crippen molar-refractivity contribution < 1.29 is 19.7 Å². The second-order valence-corrected chi connectivity index (χ2v) is 6.21. The zero-order valence-corrected chi connectivity index (χ0v) is 14.0. The average molecular weight is 341 g/mol. The fourth-order valence-corrected chi connectivity index (χ4v) is 3.28. The zero-order valence-electron chi connectivity index (χ0n) is 14.0. The van der Waals surface area contributed by atoms with Crippen LogP contribution in [0, 0.1) is 0 Å². The summed E-state index contributed by atoms with van der Waals surface area (Å²) >= 11 is 0. The van der Waals surface area contributed by atoms with Gasteiger partial charge in [0.25, 0.3) is 0 Å². The highest BCUT2D eigenvalue weighted by Crippen LogP contribution is 2.44. The molecule has 132 valence electrons. The number of amides is 1. The molecule has 0 aliphatic heterocycles. The van der Waals surface area contributed by atoms with E-state index >= 15 is 0 Å². The number of carbonyl (C=O) groups is 1. The lowest BCUT2D eigenvalue weighted by Gasteiger charge is -2.15. The minimum Gasteiger partial charge on any atom is -0.449 e. The van der Waals surface area contributed by atoms with Crippen molar-refractivity contribution in [2.24, 2.45) is 0 Å². The number of ether oxygens (including phenoxy) is 1. The van der Waals surface area contributed by atoms with Crippen molar-refractivity contribution >= 4 is 6.09 Å². The number of nitrogens with one attached hydrogen (secondary N) is 1. The number of hydrogen-bond acceptors (Lipinski definition) is 4. The Bertz CT molecular complexity index is 686. The van der Waals surface area contributed by atoms with Crippen molar-refractivity contribution in [1.29, 1.82) is 0 Å². The predicted octanol–water partition coefficient (Wildman–Crippen LogP) is 2.66. The fraction of sp³-hybridized carbons (Fsp3) is 0.350. The molecule has 0 spiro atoms. The molecule has 0 saturated heterocycles. The Morgan fingerprint density at radius 2 is 1.64 bits per heavy atom. The molecule has 1 aliphatic carbocycles. The second kappa shape index (κ2) is 8.14. The van der Waals surface area contributed by atoms with Crippen LogP contribution < -0.4 is 5.32 Å². The van der Waals surface area contributed by atoms with Crippen LogP contribution in [0.3, 0.4) is 0 Å². The van der Waals surface area contributed by atoms with Gasteiger partial charge in [-0.2, -0.15) is 0 Å². The van der Waals surface area contributed by atoms with Crippen LogP contribution in [-0.2, 0) is 4.74 Å². The third kappa shape index (κ3) is 4.00. The molecule has 5 heteroatoms. The summed E-state index contributed by atoms with van der Waals surface area (Å²) in [5, 5.41) is 20.9. The Balaban J connectivity index is 1.57. The fourth-order valence-electron chi connectivity index (χ4n) is 3.28. The van der Waals surface area contributed by atoms with Crippen LogP contribution in [0.2, 0.25) is 0 Å². The van der Waals surface area contributed by atoms with E-state index in [4.69, 9.17) is 9.84 Å². The number of benzene rings is 2. The molecule has 0 aromatic heterocycles. The van der Waals surface area contributed by atoms with Crippen LogP contribution in [0.5, 0.6) is 0 Å². The highest BCUT2D eigenvalue weighted by molar-refractivity contribution is 5.79. The highest BCUT2D eigenvalue weighted by atomic mass is 16.5. The van der Waals surface area contributed by atoms with Crippen LogP contribution in [0.25, 0.3) is 11.1 Å². The third-order valence-electron chi connectivity index (χ3n) is 4.55. The predicted molar refractivity (Wildman–Crippen MR) is 95.4 cm³/mol. The van der Waals surface area contributed by atoms with Crippen molar-refractivity contribution in [3.63, 3.8) is 0 Å². The lowest BCUT2D eigenvalue weighted by Crippen LogP contribution is -2.29. The summed E-state index contributed by atoms with van der Waals surface area (Å²) in [6, 6.07) is 16.4. The number of carbonyl (C=O) groups excluding carboxylic acids is 1. The summed E-state index contributed by atoms with van der Waals surface area (Å²) in [4.78, 5) is 11.9. The minimum atomic E-state index is -0.612. The molecule has 0 fully saturated rings. The van der Waals surface area contributed by atoms with Gasteiger partial charge < -0.3 is 20.3 Å². The van der Waals surface area contributed by atoms with Gasteiger partial charge in [-0.1, -0.05) is 48.5 Å². The Labute approximate surface area is 147 Å². The van der Waals surface area contributed by atoms with Crippen LogP contribution in [0.4, 0.5) is 4.79 Å². The summed E-state index contributed by atoms with van der Waals surface area (Å²) < 4.78 is 5.40. The van der Waals surface area contributed by atoms with Crippen molar-refractivity contribution in [3.05, 3.63) is 59.7 Å². The van der Waals surface area contributed by atoms with Crippen molar-refractivity contribution in [1.82, 2.24) is 5.32 Å². The van der Waals surface area contributed by atoms with Gasteiger partial charge in [-0.05, 0) is 35.1 Å². The van der Waals surface area contributed by atoms with E-state index < -0.39 is 12.2 Å². The topological polar surface area (TPSA) is 78.8 Å². The van der Waals surface area contributed by atoms with Gasteiger partial charge in [0.1, 0.15) is 6.61 Å². The Morgan fingerprint density at radius 3 is 2.24 bits per heavy atom. The first-order valence-electron chi connectivity index (χ1n) is 8.58. The van der Waals surface area contributed by atoms with Gasteiger partial charge in [0, 0.05) is 19.1 Å². The Morgan fingerprint density at radius 1 is 1.04 bits per heavy atom. The number of fused-ring (bicyclic) bond motifs is 3. The molecule has 0 saturated carbocycles. The molecule has 1 atom stereocenters. The number of hydrogen-bond donors (Lipinski definition) is 3. The smallest absolute Gasteiger partial charge is 0.407 e. The van der Waals surface area contributed by atoms with Crippen LogP contribution in [0.15, 0.2) is 48.5 Å². The summed E-state index contributed by atoms with van der Waals surface area (Å²) in [6.07, 6.45) is -0.395. The molecule has 3 rings (SSSR count). The van der Waals surface area contributed by atoms with Crippen molar-refractivity contribution in [2.45, 2.75) is 24.9 Å². The van der Waals surface area contributed by atoms with E-state index in [1.54, 1.807) is 0 Å². The van der Waals surface area contributed by atoms with Gasteiger partial charge in [0.2, 0.25) is 0 Å². The van der Waals surface area contributed by atoms with E-state index in [-0.39, 0.29) is 19.1 Å². The number of aliphatic hydroxyl groups excluding tert-OH is 2. The molecule has 2 aromatic rings. The molecule has 2 aromatic carbocycles. The first-order chi connectivity index (χ1) is 12.2. The molecular weight excluding hydrogens is 318 g/mol. The Kier molecular flexibility index (Phi) is 5.68. The molecule has 25 heavy (non-hydrogen) atoms. The van der Waals surface area contributed by atoms with Gasteiger partial charge in [-0.25, -0.2) is 4.79 Å². The highest BCUT2D eigenvalue weighted by Gasteiger charge is 2.28. The third-order valence-corrected chi connectivity index (χ3v) is 4.55. The van der Waals surface area contributed by atoms with Crippen LogP contribution in [-0.4, -0.2) is 42.2 Å². The van der Waals surface area contributed by atoms with E-state index in [1.807, 2.05) is 24.3 Å². The maximum absolute atomic E-state index is 11.9. The largest absolute Gasteiger partial charge is 0.449 e. The second-order valence-electron chi connectivity index (χ2n) is 6.21. The van der Waals surface area contributed by atoms with Gasteiger partial charge in [0.05, 0.1) is 6.10 Å². The molecule has 0 unspecified atom stereocenters. The molecule has 0 heterocycles. The summed E-state index contributed by atoms with van der Waals surface area (Å²) in [5.41, 5.74) is 4.74. The van der Waals surface area contributed by atoms with E-state index in [1.165, 1.54) is 22.3 Å². The van der Waals surface area contributed by atoms with Gasteiger partial charge in [0.15, 0.2) is 0 Å². The maximum Gasteiger partial charge on any atom is 0.407 e. The minimum absolute atomic E-state index is 0.0399. The lowest BCUT2D eigenvalue weighted by molar-refractivity contribution is 0.119. The van der Waals surface area contributed by atoms with E-state index in [0.717, 1.165) is 0 Å². The lowest BCUT2D eigenvalue weighted by atomic mass is 9.98. The van der Waals surface area contributed by atoms with Gasteiger partial charge in [-0.3, -0.25) is 0 Å². The molecule has 3 N–H and O–H groups in total. The monoisotopic (exact) mass is 341 g/mol. The number of rotatable bonds is 7. The molecule has 5 nitrogen and oxygen atoms in total. The molecule has 0 bridgehead atoms. The standard InChI is InChI=1S/C20H23NO4/c22-12-10-14(23)9-11-21-20(24)25-13-19-17-7-3-1-5-15(17)16-6-2-4-8-18(16)19/h1-8,14,19,22-23H,9-13H2,(H,21,24)/t14-/m1/s1. The number of alkyl carbamates (subject to hydrolysis) is 1. The Hall–Kier alpha value is -2.37. The van der Waals surface area contributed by atoms with E-state index in [2.05, 4.69) is 29.6 Å². The average Bonchev–Trinajstić information content (AvgIpc) is 2.94. The summed E-state index contributed by atoms with van der Waals surface area (Å²) in [7, 11) is 0. The zero-order chi connectivity index (χ0) is 17.6. The normalized spacial score (nSPS) is 13.8. The molecule has 1 aliphatic rings. The SMILES string of the molecule is O=C(NCC[C@@H](O)CCO)OCC1c2ccccc2-c2ccccc21. The van der Waals surface area contributed by atoms with E-state index in [0.29, 0.717) is 19.4 Å². The van der Waals surface area contributed by atoms with Crippen molar-refractivity contribution in [2.75, 3.05) is 19.8 Å². The molecular formula is C20H23NO4. The van der Waals surface area contributed by atoms with Crippen molar-refractivity contribution in [3.8, 4) is 11.1 Å². The van der Waals surface area contributed by atoms with E-state index in [9.17, 15) is 9.90 Å². The quantitative estimate of drug-likeness (QED) is 0.723.